The van der Waals surface area contributed by atoms with Crippen LogP contribution in [0.5, 0.6) is 11.5 Å². The van der Waals surface area contributed by atoms with E-state index in [4.69, 9.17) is 14.2 Å². The van der Waals surface area contributed by atoms with Crippen molar-refractivity contribution >= 4 is 29.6 Å². The Hall–Kier alpha value is -3.92. The molecule has 0 fully saturated rings. The Labute approximate surface area is 198 Å². The molecule has 0 aliphatic carbocycles. The molecule has 0 aliphatic rings. The van der Waals surface area contributed by atoms with E-state index in [-0.39, 0.29) is 12.5 Å². The second-order valence-corrected chi connectivity index (χ2v) is 7.32. The average Bonchev–Trinajstić information content (AvgIpc) is 2.83. The first-order valence-corrected chi connectivity index (χ1v) is 10.6. The molecule has 2 aromatic carbocycles. The molecule has 182 valence electrons. The van der Waals surface area contributed by atoms with Crippen molar-refractivity contribution in [2.75, 3.05) is 39.3 Å². The molecule has 0 saturated heterocycles. The van der Waals surface area contributed by atoms with Crippen molar-refractivity contribution in [3.05, 3.63) is 53.1 Å². The van der Waals surface area contributed by atoms with Crippen molar-refractivity contribution < 1.29 is 28.6 Å². The molecular formula is C24H30N4O6. The number of methoxy groups -OCH3 is 2. The molecule has 0 atom stereocenters. The number of hydrazone groups is 1. The van der Waals surface area contributed by atoms with Crippen LogP contribution >= 0.6 is 0 Å². The lowest BCUT2D eigenvalue weighted by Crippen LogP contribution is -2.38. The number of aryl methyl sites for hydroxylation is 2. The topological polar surface area (TPSA) is 127 Å². The van der Waals surface area contributed by atoms with Gasteiger partial charge in [0.25, 0.3) is 5.91 Å². The molecular weight excluding hydrogens is 440 g/mol. The van der Waals surface area contributed by atoms with E-state index in [0.717, 1.165) is 16.8 Å². The highest BCUT2D eigenvalue weighted by Gasteiger charge is 2.12. The van der Waals surface area contributed by atoms with Crippen molar-refractivity contribution in [3.63, 3.8) is 0 Å². The van der Waals surface area contributed by atoms with Crippen molar-refractivity contribution in [2.24, 2.45) is 5.10 Å². The lowest BCUT2D eigenvalue weighted by molar-refractivity contribution is -0.139. The van der Waals surface area contributed by atoms with Gasteiger partial charge in [-0.2, -0.15) is 5.10 Å². The maximum absolute atomic E-state index is 12.3. The number of amides is 3. The standard InChI is InChI=1S/C24H30N4O6/c1-16-7-5-8-17(2)22(16)27-21(29)15-34-19-10-9-18(13-20(19)33-4)14-26-28-24(31)23(30)25-11-6-12-32-3/h5,7-10,13-14H,6,11-12,15H2,1-4H3,(H,25,30)(H,27,29)(H,28,31)/b26-14-. The summed E-state index contributed by atoms with van der Waals surface area (Å²) < 4.78 is 15.8. The highest BCUT2D eigenvalue weighted by molar-refractivity contribution is 6.35. The zero-order chi connectivity index (χ0) is 24.9. The number of carbonyl (C=O) groups is 3. The van der Waals surface area contributed by atoms with Crippen molar-refractivity contribution in [1.29, 1.82) is 0 Å². The van der Waals surface area contributed by atoms with Crippen LogP contribution < -0.4 is 25.5 Å². The lowest BCUT2D eigenvalue weighted by atomic mass is 10.1. The summed E-state index contributed by atoms with van der Waals surface area (Å²) in [5.41, 5.74) is 5.44. The zero-order valence-corrected chi connectivity index (χ0v) is 19.8. The van der Waals surface area contributed by atoms with Crippen LogP contribution in [0.1, 0.15) is 23.1 Å². The number of anilines is 1. The fourth-order valence-corrected chi connectivity index (χ4v) is 2.93. The average molecular weight is 471 g/mol. The molecule has 10 heteroatoms. The second-order valence-electron chi connectivity index (χ2n) is 7.32. The summed E-state index contributed by atoms with van der Waals surface area (Å²) in [5, 5.41) is 9.10. The van der Waals surface area contributed by atoms with Crippen LogP contribution in [0.3, 0.4) is 0 Å². The predicted octanol–water partition coefficient (Wildman–Crippen LogP) is 1.93. The molecule has 2 aromatic rings. The highest BCUT2D eigenvalue weighted by Crippen LogP contribution is 2.27. The highest BCUT2D eigenvalue weighted by atomic mass is 16.5. The van der Waals surface area contributed by atoms with Gasteiger partial charge < -0.3 is 24.8 Å². The molecule has 3 amide bonds. The van der Waals surface area contributed by atoms with Crippen molar-refractivity contribution in [1.82, 2.24) is 10.7 Å². The number of benzene rings is 2. The van der Waals surface area contributed by atoms with Crippen LogP contribution in [0.15, 0.2) is 41.5 Å². The largest absolute Gasteiger partial charge is 0.493 e. The van der Waals surface area contributed by atoms with E-state index in [1.165, 1.54) is 13.3 Å². The van der Waals surface area contributed by atoms with Crippen LogP contribution in [-0.2, 0) is 19.1 Å². The molecule has 0 aromatic heterocycles. The van der Waals surface area contributed by atoms with Crippen LogP contribution in [0.4, 0.5) is 5.69 Å². The first kappa shape index (κ1) is 26.3. The zero-order valence-electron chi connectivity index (χ0n) is 19.8. The Kier molecular flexibility index (Phi) is 10.5. The molecule has 3 N–H and O–H groups in total. The van der Waals surface area contributed by atoms with Gasteiger partial charge in [0.05, 0.1) is 13.3 Å². The van der Waals surface area contributed by atoms with E-state index in [9.17, 15) is 14.4 Å². The van der Waals surface area contributed by atoms with Gasteiger partial charge in [-0.25, -0.2) is 5.43 Å². The smallest absolute Gasteiger partial charge is 0.329 e. The molecule has 34 heavy (non-hydrogen) atoms. The number of nitrogens with zero attached hydrogens (tertiary/aromatic N) is 1. The van der Waals surface area contributed by atoms with Gasteiger partial charge in [0.2, 0.25) is 0 Å². The molecule has 10 nitrogen and oxygen atoms in total. The number of hydrogen-bond donors (Lipinski definition) is 3. The van der Waals surface area contributed by atoms with Crippen LogP contribution in [0, 0.1) is 13.8 Å². The summed E-state index contributed by atoms with van der Waals surface area (Å²) in [6.45, 7) is 4.45. The number of ether oxygens (including phenoxy) is 3. The second kappa shape index (κ2) is 13.6. The van der Waals surface area contributed by atoms with E-state index in [1.54, 1.807) is 25.3 Å². The molecule has 0 saturated carbocycles. The van der Waals surface area contributed by atoms with Crippen LogP contribution in [-0.4, -0.2) is 57.9 Å². The molecule has 0 radical (unpaired) electrons. The number of rotatable bonds is 11. The van der Waals surface area contributed by atoms with Gasteiger partial charge in [0, 0.05) is 25.9 Å². The number of para-hydroxylation sites is 1. The molecule has 0 aliphatic heterocycles. The fourth-order valence-electron chi connectivity index (χ4n) is 2.93. The normalized spacial score (nSPS) is 10.6. The van der Waals surface area contributed by atoms with Gasteiger partial charge in [-0.1, -0.05) is 18.2 Å². The quantitative estimate of drug-likeness (QED) is 0.199. The Morgan fingerprint density at radius 3 is 2.41 bits per heavy atom. The Balaban J connectivity index is 1.89. The van der Waals surface area contributed by atoms with Crippen LogP contribution in [0.2, 0.25) is 0 Å². The first-order valence-electron chi connectivity index (χ1n) is 10.6. The maximum atomic E-state index is 12.3. The SMILES string of the molecule is COCCCNC(=O)C(=O)N/N=C\c1ccc(OCC(=O)Nc2c(C)cccc2C)c(OC)c1. The fraction of sp³-hybridized carbons (Fsp3) is 0.333. The van der Waals surface area contributed by atoms with Gasteiger partial charge in [-0.3, -0.25) is 14.4 Å². The molecule has 0 heterocycles. The molecule has 0 unspecified atom stereocenters. The van der Waals surface area contributed by atoms with E-state index >= 15 is 0 Å². The summed E-state index contributed by atoms with van der Waals surface area (Å²) in [7, 11) is 3.02. The van der Waals surface area contributed by atoms with Gasteiger partial charge in [-0.05, 0) is 55.2 Å². The summed E-state index contributed by atoms with van der Waals surface area (Å²) >= 11 is 0. The van der Waals surface area contributed by atoms with E-state index in [1.807, 2.05) is 32.0 Å². The number of carbonyl (C=O) groups excluding carboxylic acids is 3. The van der Waals surface area contributed by atoms with Crippen LogP contribution in [0.25, 0.3) is 0 Å². The Bertz CT molecular complexity index is 1020. The first-order chi connectivity index (χ1) is 16.3. The summed E-state index contributed by atoms with van der Waals surface area (Å²) in [6.07, 6.45) is 1.95. The number of nitrogens with one attached hydrogen (secondary N) is 3. The Morgan fingerprint density at radius 1 is 1.00 bits per heavy atom. The summed E-state index contributed by atoms with van der Waals surface area (Å²) in [6, 6.07) is 10.7. The monoisotopic (exact) mass is 470 g/mol. The van der Waals surface area contributed by atoms with Gasteiger partial charge in [0.15, 0.2) is 18.1 Å². The van der Waals surface area contributed by atoms with E-state index in [2.05, 4.69) is 21.2 Å². The molecule has 2 rings (SSSR count). The van der Waals surface area contributed by atoms with E-state index in [0.29, 0.717) is 36.6 Å². The van der Waals surface area contributed by atoms with Gasteiger partial charge in [0.1, 0.15) is 0 Å². The minimum Gasteiger partial charge on any atom is -0.493 e. The van der Waals surface area contributed by atoms with Crippen molar-refractivity contribution in [3.8, 4) is 11.5 Å². The predicted molar refractivity (Wildman–Crippen MR) is 128 cm³/mol. The third-order valence-electron chi connectivity index (χ3n) is 4.69. The third-order valence-corrected chi connectivity index (χ3v) is 4.69. The van der Waals surface area contributed by atoms with Gasteiger partial charge in [-0.15, -0.1) is 0 Å². The summed E-state index contributed by atoms with van der Waals surface area (Å²) in [4.78, 5) is 35.7. The summed E-state index contributed by atoms with van der Waals surface area (Å²) in [5.74, 6) is -1.21. The van der Waals surface area contributed by atoms with E-state index < -0.39 is 11.8 Å². The minimum absolute atomic E-state index is 0.201. The molecule has 0 spiro atoms. The van der Waals surface area contributed by atoms with Gasteiger partial charge >= 0.3 is 11.8 Å². The minimum atomic E-state index is -0.879. The molecule has 0 bridgehead atoms. The third kappa shape index (κ3) is 8.21. The Morgan fingerprint density at radius 2 is 1.74 bits per heavy atom. The number of hydrogen-bond acceptors (Lipinski definition) is 7. The van der Waals surface area contributed by atoms with Crippen molar-refractivity contribution in [2.45, 2.75) is 20.3 Å². The maximum Gasteiger partial charge on any atom is 0.329 e. The lowest BCUT2D eigenvalue weighted by Gasteiger charge is -2.13.